The van der Waals surface area contributed by atoms with Crippen molar-refractivity contribution in [2.24, 2.45) is 23.7 Å². The van der Waals surface area contributed by atoms with Gasteiger partial charge in [0.2, 0.25) is 0 Å². The molecule has 0 spiro atoms. The van der Waals surface area contributed by atoms with Crippen LogP contribution >= 0.6 is 7.81 Å². The second-order valence-corrected chi connectivity index (χ2v) is 11.5. The van der Waals surface area contributed by atoms with Crippen LogP contribution in [-0.4, -0.2) is 67.0 Å². The van der Waals surface area contributed by atoms with Crippen LogP contribution in [0.3, 0.4) is 0 Å². The topological polar surface area (TPSA) is 65.7 Å². The van der Waals surface area contributed by atoms with E-state index in [4.69, 9.17) is 14.2 Å². The first-order valence-corrected chi connectivity index (χ1v) is 14.0. The zero-order valence-corrected chi connectivity index (χ0v) is 25.4. The van der Waals surface area contributed by atoms with Crippen LogP contribution < -0.4 is 4.74 Å². The monoisotopic (exact) mass is 680 g/mol. The molecule has 7 rings (SSSR count). The molecule has 4 bridgehead atoms. The van der Waals surface area contributed by atoms with E-state index in [1.165, 1.54) is 19.3 Å². The van der Waals surface area contributed by atoms with Gasteiger partial charge in [0, 0.05) is 33.9 Å². The molecule has 177 valence electrons. The van der Waals surface area contributed by atoms with Crippen molar-refractivity contribution in [3.05, 3.63) is 24.0 Å². The second kappa shape index (κ2) is 9.85. The number of hydrogen-bond acceptors (Lipinski definition) is 6. The summed E-state index contributed by atoms with van der Waals surface area (Å²) in [6.45, 7) is 0.821. The van der Waals surface area contributed by atoms with Crippen LogP contribution in [0.5, 0.6) is 5.75 Å². The Bertz CT molecular complexity index is 1050. The molecule has 2 aromatic rings. The standard InChI is InChI=1S/C24H32N2O4PS.Tl/c1-28-18-13-25-23-17(5-6-26(23)32-31)21(18)22(27)20-15-8-14-9-16(20)12-24(10-14,11-15)30-19-4-2-3-7-29-19;/h5-6,13-16,19-20,22,27,32H,2-4,7-12H2,1H3;/q-1;. The summed E-state index contributed by atoms with van der Waals surface area (Å²) in [6.07, 6.45) is 12.1. The van der Waals surface area contributed by atoms with Crippen LogP contribution in [-0.2, 0) is 20.4 Å². The summed E-state index contributed by atoms with van der Waals surface area (Å²) < 4.78 is 20.3. The Labute approximate surface area is 220 Å². The van der Waals surface area contributed by atoms with E-state index in [1.54, 1.807) is 13.3 Å². The molecular formula is C24H32N2O4PSTl-. The van der Waals surface area contributed by atoms with Crippen LogP contribution in [0.25, 0.3) is 11.0 Å². The normalized spacial score (nSPS) is 36.0. The fourth-order valence-corrected chi connectivity index (χ4v) is 8.34. The Morgan fingerprint density at radius 1 is 1.27 bits per heavy atom. The van der Waals surface area contributed by atoms with Gasteiger partial charge in [-0.2, -0.15) is 0 Å². The molecule has 33 heavy (non-hydrogen) atoms. The third-order valence-electron chi connectivity index (χ3n) is 8.49. The molecule has 1 aliphatic heterocycles. The average molecular weight is 680 g/mol. The van der Waals surface area contributed by atoms with Gasteiger partial charge in [-0.25, -0.2) is 0 Å². The van der Waals surface area contributed by atoms with Crippen molar-refractivity contribution in [3.63, 3.8) is 0 Å². The number of ether oxygens (including phenoxy) is 3. The van der Waals surface area contributed by atoms with Crippen molar-refractivity contribution in [1.29, 1.82) is 0 Å². The number of thiol groups is 1. The van der Waals surface area contributed by atoms with Gasteiger partial charge in [-0.1, -0.05) is 0 Å². The van der Waals surface area contributed by atoms with Gasteiger partial charge < -0.3 is 4.74 Å². The van der Waals surface area contributed by atoms with Gasteiger partial charge in [0.05, 0.1) is 0 Å². The minimum atomic E-state index is -0.569. The third kappa shape index (κ3) is 4.31. The van der Waals surface area contributed by atoms with E-state index in [-0.39, 0.29) is 45.1 Å². The van der Waals surface area contributed by atoms with Crippen LogP contribution in [0.4, 0.5) is 0 Å². The van der Waals surface area contributed by atoms with Crippen molar-refractivity contribution in [2.75, 3.05) is 13.7 Å². The van der Waals surface area contributed by atoms with Crippen molar-refractivity contribution < 1.29 is 19.3 Å². The molecule has 0 amide bonds. The molecule has 1 saturated heterocycles. The first-order valence-electron chi connectivity index (χ1n) is 12.0. The van der Waals surface area contributed by atoms with Crippen molar-refractivity contribution in [1.82, 2.24) is 8.96 Å². The number of aromatic nitrogens is 2. The Hall–Kier alpha value is 0.0721. The van der Waals surface area contributed by atoms with Crippen LogP contribution in [0, 0.1) is 23.7 Å². The first kappa shape index (κ1) is 24.8. The minimum absolute atomic E-state index is 0. The molecule has 2 aromatic heterocycles. The number of pyridine rings is 1. The predicted octanol–water partition coefficient (Wildman–Crippen LogP) is 4.34. The summed E-state index contributed by atoms with van der Waals surface area (Å²) in [7, 11) is 6.87. The van der Waals surface area contributed by atoms with Gasteiger partial charge in [-0.05, 0) is 19.3 Å². The van der Waals surface area contributed by atoms with Gasteiger partial charge in [0.1, 0.15) is 0 Å². The molecule has 4 saturated carbocycles. The summed E-state index contributed by atoms with van der Waals surface area (Å²) in [4.78, 5) is 4.58. The number of hydrogen-bond donors (Lipinski definition) is 1. The number of aliphatic hydroxyl groups is 1. The third-order valence-corrected chi connectivity index (χ3v) is 9.58. The molecule has 1 N–H and O–H groups in total. The van der Waals surface area contributed by atoms with E-state index in [9.17, 15) is 5.11 Å². The minimum Gasteiger partial charge on any atom is 0 e. The smallest absolute Gasteiger partial charge is 0 e. The van der Waals surface area contributed by atoms with Crippen LogP contribution in [0.15, 0.2) is 18.5 Å². The van der Waals surface area contributed by atoms with Crippen molar-refractivity contribution in [2.45, 2.75) is 69.4 Å². The molecule has 3 heterocycles. The zero-order chi connectivity index (χ0) is 21.9. The van der Waals surface area contributed by atoms with Crippen molar-refractivity contribution in [3.8, 4) is 5.75 Å². The van der Waals surface area contributed by atoms with Gasteiger partial charge >= 0.3 is 164 Å². The summed E-state index contributed by atoms with van der Waals surface area (Å²) in [5.74, 6) is 2.56. The maximum absolute atomic E-state index is 11.8. The van der Waals surface area contributed by atoms with Gasteiger partial charge in [0.25, 0.3) is 0 Å². The Kier molecular flexibility index (Phi) is 7.39. The molecular weight excluding hydrogens is 648 g/mol. The van der Waals surface area contributed by atoms with Crippen LogP contribution in [0.1, 0.15) is 63.0 Å². The zero-order valence-electron chi connectivity index (χ0n) is 19.1. The molecule has 5 aliphatic rings. The summed E-state index contributed by atoms with van der Waals surface area (Å²) in [6, 6.07) is 2.04. The molecule has 1 radical (unpaired) electrons. The number of aliphatic hydroxyl groups excluding tert-OH is 1. The second-order valence-electron chi connectivity index (χ2n) is 10.3. The quantitative estimate of drug-likeness (QED) is 0.221. The number of nitrogens with zero attached hydrogens (tertiary/aromatic N) is 2. The molecule has 4 aliphatic carbocycles. The van der Waals surface area contributed by atoms with Gasteiger partial charge in [0.15, 0.2) is 0 Å². The molecule has 4 atom stereocenters. The predicted molar refractivity (Wildman–Crippen MR) is 133 cm³/mol. The maximum Gasteiger partial charge on any atom is 0 e. The van der Waals surface area contributed by atoms with E-state index < -0.39 is 6.10 Å². The summed E-state index contributed by atoms with van der Waals surface area (Å²) in [5.41, 5.74) is 1.67. The SMILES string of the molecule is COc1cnc2c(ccn2[SH-]#P)c1C(O)C1C2CC3CC1CC(OC1CCCCO1)(C3)C2.[Tl]. The fourth-order valence-electron chi connectivity index (χ4n) is 7.54. The molecule has 6 nitrogen and oxygen atoms in total. The Morgan fingerprint density at radius 2 is 2.06 bits per heavy atom. The summed E-state index contributed by atoms with van der Waals surface area (Å²) in [5, 5.41) is 12.8. The number of rotatable bonds is 5. The number of fused-ring (bicyclic) bond motifs is 1. The van der Waals surface area contributed by atoms with Gasteiger partial charge in [-0.3, -0.25) is 0 Å². The van der Waals surface area contributed by atoms with E-state index in [0.29, 0.717) is 23.5 Å². The van der Waals surface area contributed by atoms with Crippen LogP contribution in [0.2, 0.25) is 0 Å². The largest absolute Gasteiger partial charge is 0 e. The molecule has 5 fully saturated rings. The fraction of sp³-hybridized carbons (Fsp3) is 0.708. The molecule has 4 unspecified atom stereocenters. The average Bonchev–Trinajstić information content (AvgIpc) is 3.21. The Morgan fingerprint density at radius 3 is 2.73 bits per heavy atom. The number of methoxy groups -OCH3 is 1. The van der Waals surface area contributed by atoms with Gasteiger partial charge in [-0.15, -0.1) is 0 Å². The van der Waals surface area contributed by atoms with E-state index in [1.807, 2.05) is 16.2 Å². The van der Waals surface area contributed by atoms with E-state index >= 15 is 0 Å². The summed E-state index contributed by atoms with van der Waals surface area (Å²) >= 11 is 0. The first-order chi connectivity index (χ1) is 15.6. The Balaban J connectivity index is 0.00000228. The van der Waals surface area contributed by atoms with E-state index in [2.05, 4.69) is 12.8 Å². The maximum atomic E-state index is 11.8. The van der Waals surface area contributed by atoms with Crippen molar-refractivity contribution >= 4 is 57.1 Å². The molecule has 0 aromatic carbocycles. The molecule has 9 heteroatoms. The van der Waals surface area contributed by atoms with E-state index in [0.717, 1.165) is 66.2 Å².